The molecular formula is C16H17BrN2O. The number of hydrogen-bond donors (Lipinski definition) is 1. The molecule has 1 aromatic heterocycles. The highest BCUT2D eigenvalue weighted by molar-refractivity contribution is 9.10. The number of benzene rings is 1. The average molecular weight is 333 g/mol. The summed E-state index contributed by atoms with van der Waals surface area (Å²) in [5.74, 6) is 0.224. The van der Waals surface area contributed by atoms with Gasteiger partial charge >= 0.3 is 0 Å². The van der Waals surface area contributed by atoms with Crippen LogP contribution in [0.25, 0.3) is 0 Å². The molecule has 1 atom stereocenters. The van der Waals surface area contributed by atoms with E-state index in [1.807, 2.05) is 30.3 Å². The first kappa shape index (κ1) is 14.7. The van der Waals surface area contributed by atoms with Crippen molar-refractivity contribution in [1.82, 2.24) is 10.3 Å². The van der Waals surface area contributed by atoms with Gasteiger partial charge in [-0.1, -0.05) is 44.2 Å². The number of carbonyl (C=O) groups excluding carboxylic acids is 1. The number of halogens is 1. The number of pyridine rings is 1. The zero-order chi connectivity index (χ0) is 14.5. The average Bonchev–Trinajstić information content (AvgIpc) is 2.45. The van der Waals surface area contributed by atoms with Crippen LogP contribution in [0.15, 0.2) is 53.3 Å². The van der Waals surface area contributed by atoms with E-state index in [-0.39, 0.29) is 11.9 Å². The van der Waals surface area contributed by atoms with E-state index in [2.05, 4.69) is 40.1 Å². The van der Waals surface area contributed by atoms with Crippen LogP contribution in [0.5, 0.6) is 0 Å². The highest BCUT2D eigenvalue weighted by atomic mass is 79.9. The molecule has 1 aromatic carbocycles. The summed E-state index contributed by atoms with van der Waals surface area (Å²) in [6.07, 6.45) is 1.62. The summed E-state index contributed by atoms with van der Waals surface area (Å²) in [6, 6.07) is 13.4. The van der Waals surface area contributed by atoms with Gasteiger partial charge in [0.2, 0.25) is 0 Å². The second kappa shape index (κ2) is 6.66. The number of rotatable bonds is 4. The van der Waals surface area contributed by atoms with Crippen molar-refractivity contribution in [3.8, 4) is 0 Å². The lowest BCUT2D eigenvalue weighted by Gasteiger charge is -2.23. The fraction of sp³-hybridized carbons (Fsp3) is 0.250. The van der Waals surface area contributed by atoms with Crippen LogP contribution in [0.4, 0.5) is 0 Å². The molecule has 2 rings (SSSR count). The Bertz CT molecular complexity index is 584. The zero-order valence-electron chi connectivity index (χ0n) is 11.5. The topological polar surface area (TPSA) is 42.0 Å². The van der Waals surface area contributed by atoms with Crippen LogP contribution < -0.4 is 5.32 Å². The van der Waals surface area contributed by atoms with Gasteiger partial charge in [-0.2, -0.15) is 0 Å². The summed E-state index contributed by atoms with van der Waals surface area (Å²) in [7, 11) is 0. The van der Waals surface area contributed by atoms with Gasteiger partial charge < -0.3 is 5.32 Å². The molecule has 0 spiro atoms. The molecule has 4 heteroatoms. The Kier molecular flexibility index (Phi) is 4.90. The van der Waals surface area contributed by atoms with E-state index in [4.69, 9.17) is 0 Å². The van der Waals surface area contributed by atoms with E-state index in [0.29, 0.717) is 16.1 Å². The van der Waals surface area contributed by atoms with Gasteiger partial charge in [0.1, 0.15) is 4.60 Å². The van der Waals surface area contributed by atoms with E-state index < -0.39 is 0 Å². The normalized spacial score (nSPS) is 12.2. The lowest BCUT2D eigenvalue weighted by molar-refractivity contribution is 0.0925. The molecule has 1 unspecified atom stereocenters. The minimum Gasteiger partial charge on any atom is -0.345 e. The third-order valence-corrected chi connectivity index (χ3v) is 3.53. The van der Waals surface area contributed by atoms with Crippen molar-refractivity contribution in [3.05, 3.63) is 64.4 Å². The number of aromatic nitrogens is 1. The molecule has 0 fully saturated rings. The van der Waals surface area contributed by atoms with Crippen LogP contribution in [-0.4, -0.2) is 10.9 Å². The summed E-state index contributed by atoms with van der Waals surface area (Å²) in [5, 5.41) is 3.09. The van der Waals surface area contributed by atoms with Gasteiger partial charge in [0, 0.05) is 11.8 Å². The van der Waals surface area contributed by atoms with Gasteiger partial charge in [0.25, 0.3) is 5.91 Å². The second-order valence-electron chi connectivity index (χ2n) is 4.97. The van der Waals surface area contributed by atoms with Crippen LogP contribution in [-0.2, 0) is 0 Å². The van der Waals surface area contributed by atoms with Crippen molar-refractivity contribution in [3.63, 3.8) is 0 Å². The second-order valence-corrected chi connectivity index (χ2v) is 5.79. The first-order chi connectivity index (χ1) is 9.58. The van der Waals surface area contributed by atoms with Gasteiger partial charge in [-0.3, -0.25) is 4.79 Å². The van der Waals surface area contributed by atoms with E-state index >= 15 is 0 Å². The Balaban J connectivity index is 2.19. The standard InChI is InChI=1S/C16H17BrN2O/c1-11(2)15(12-6-4-3-5-7-12)19-16(20)13-8-9-18-14(17)10-13/h3-11,15H,1-2H3,(H,19,20). The summed E-state index contributed by atoms with van der Waals surface area (Å²) in [4.78, 5) is 16.4. The molecule has 104 valence electrons. The van der Waals surface area contributed by atoms with Gasteiger partial charge in [-0.25, -0.2) is 4.98 Å². The minimum absolute atomic E-state index is 0.00404. The number of nitrogens with zero attached hydrogens (tertiary/aromatic N) is 1. The summed E-state index contributed by atoms with van der Waals surface area (Å²) < 4.78 is 0.658. The molecule has 0 radical (unpaired) electrons. The lowest BCUT2D eigenvalue weighted by Crippen LogP contribution is -2.31. The van der Waals surface area contributed by atoms with Crippen molar-refractivity contribution < 1.29 is 4.79 Å². The fourth-order valence-electron chi connectivity index (χ4n) is 2.06. The number of carbonyl (C=O) groups is 1. The zero-order valence-corrected chi connectivity index (χ0v) is 13.1. The number of hydrogen-bond acceptors (Lipinski definition) is 2. The predicted octanol–water partition coefficient (Wildman–Crippen LogP) is 3.97. The Morgan fingerprint density at radius 3 is 2.50 bits per heavy atom. The smallest absolute Gasteiger partial charge is 0.251 e. The molecule has 2 aromatic rings. The van der Waals surface area contributed by atoms with E-state index in [1.165, 1.54) is 0 Å². The van der Waals surface area contributed by atoms with Crippen molar-refractivity contribution in [2.45, 2.75) is 19.9 Å². The number of amides is 1. The molecule has 0 saturated heterocycles. The fourth-order valence-corrected chi connectivity index (χ4v) is 2.43. The Hall–Kier alpha value is -1.68. The summed E-state index contributed by atoms with van der Waals surface area (Å²) >= 11 is 3.28. The highest BCUT2D eigenvalue weighted by Gasteiger charge is 2.19. The van der Waals surface area contributed by atoms with Crippen LogP contribution in [0, 0.1) is 5.92 Å². The molecular weight excluding hydrogens is 316 g/mol. The largest absolute Gasteiger partial charge is 0.345 e. The Labute approximate surface area is 127 Å². The highest BCUT2D eigenvalue weighted by Crippen LogP contribution is 2.22. The lowest BCUT2D eigenvalue weighted by atomic mass is 9.96. The van der Waals surface area contributed by atoms with Crippen LogP contribution in [0.1, 0.15) is 35.8 Å². The van der Waals surface area contributed by atoms with Crippen LogP contribution in [0.3, 0.4) is 0 Å². The molecule has 0 saturated carbocycles. The van der Waals surface area contributed by atoms with Gasteiger partial charge in [-0.05, 0) is 39.5 Å². The van der Waals surface area contributed by atoms with Gasteiger partial charge in [0.15, 0.2) is 0 Å². The van der Waals surface area contributed by atoms with Gasteiger partial charge in [-0.15, -0.1) is 0 Å². The molecule has 1 heterocycles. The molecule has 3 nitrogen and oxygen atoms in total. The molecule has 1 N–H and O–H groups in total. The third-order valence-electron chi connectivity index (χ3n) is 3.10. The Morgan fingerprint density at radius 2 is 1.90 bits per heavy atom. The molecule has 0 aliphatic heterocycles. The molecule has 0 aliphatic rings. The van der Waals surface area contributed by atoms with Gasteiger partial charge in [0.05, 0.1) is 6.04 Å². The van der Waals surface area contributed by atoms with E-state index in [0.717, 1.165) is 5.56 Å². The maximum atomic E-state index is 12.3. The van der Waals surface area contributed by atoms with Crippen molar-refractivity contribution >= 4 is 21.8 Å². The first-order valence-electron chi connectivity index (χ1n) is 6.55. The number of nitrogens with one attached hydrogen (secondary N) is 1. The summed E-state index contributed by atoms with van der Waals surface area (Å²) in [5.41, 5.74) is 1.72. The quantitative estimate of drug-likeness (QED) is 0.860. The Morgan fingerprint density at radius 1 is 1.20 bits per heavy atom. The third kappa shape index (κ3) is 3.67. The van der Waals surface area contributed by atoms with Crippen LogP contribution >= 0.6 is 15.9 Å². The van der Waals surface area contributed by atoms with Crippen molar-refractivity contribution in [1.29, 1.82) is 0 Å². The summed E-state index contributed by atoms with van der Waals surface area (Å²) in [6.45, 7) is 4.20. The predicted molar refractivity (Wildman–Crippen MR) is 83.4 cm³/mol. The maximum Gasteiger partial charge on any atom is 0.251 e. The van der Waals surface area contributed by atoms with Crippen molar-refractivity contribution in [2.24, 2.45) is 5.92 Å². The maximum absolute atomic E-state index is 12.3. The molecule has 0 bridgehead atoms. The van der Waals surface area contributed by atoms with E-state index in [1.54, 1.807) is 18.3 Å². The minimum atomic E-state index is -0.0874. The first-order valence-corrected chi connectivity index (χ1v) is 7.34. The van der Waals surface area contributed by atoms with Crippen molar-refractivity contribution in [2.75, 3.05) is 0 Å². The monoisotopic (exact) mass is 332 g/mol. The molecule has 20 heavy (non-hydrogen) atoms. The SMILES string of the molecule is CC(C)C(NC(=O)c1ccnc(Br)c1)c1ccccc1. The molecule has 0 aliphatic carbocycles. The molecule has 1 amide bonds. The van der Waals surface area contributed by atoms with E-state index in [9.17, 15) is 4.79 Å². The van der Waals surface area contributed by atoms with Crippen LogP contribution in [0.2, 0.25) is 0 Å².